The second-order valence-corrected chi connectivity index (χ2v) is 6.33. The summed E-state index contributed by atoms with van der Waals surface area (Å²) in [6.45, 7) is 5.61. The van der Waals surface area contributed by atoms with E-state index < -0.39 is 5.60 Å². The molecule has 1 N–H and O–H groups in total. The number of nitrogens with one attached hydrogen (secondary N) is 1. The van der Waals surface area contributed by atoms with E-state index in [-0.39, 0.29) is 5.97 Å². The van der Waals surface area contributed by atoms with Crippen LogP contribution in [-0.2, 0) is 11.2 Å². The highest BCUT2D eigenvalue weighted by atomic mass is 16.6. The van der Waals surface area contributed by atoms with Crippen LogP contribution in [0.1, 0.15) is 36.7 Å². The molecule has 2 heterocycles. The number of hydrogen-bond donors (Lipinski definition) is 1. The number of ether oxygens (including phenoxy) is 1. The van der Waals surface area contributed by atoms with Crippen molar-refractivity contribution in [2.75, 3.05) is 4.90 Å². The molecule has 2 aromatic rings. The molecule has 0 atom stereocenters. The van der Waals surface area contributed by atoms with Crippen LogP contribution in [0.25, 0.3) is 0 Å². The molecule has 0 saturated heterocycles. The van der Waals surface area contributed by atoms with Gasteiger partial charge in [-0.2, -0.15) is 0 Å². The molecule has 0 fully saturated rings. The Kier molecular flexibility index (Phi) is 3.53. The number of aromatic amines is 1. The van der Waals surface area contributed by atoms with Crippen molar-refractivity contribution in [2.45, 2.75) is 32.8 Å². The minimum atomic E-state index is -0.513. The Morgan fingerprint density at radius 3 is 2.77 bits per heavy atom. The van der Waals surface area contributed by atoms with Gasteiger partial charge >= 0.3 is 5.97 Å². The highest BCUT2D eigenvalue weighted by molar-refractivity contribution is 5.97. The van der Waals surface area contributed by atoms with Crippen molar-refractivity contribution in [1.29, 1.82) is 0 Å². The van der Waals surface area contributed by atoms with E-state index in [4.69, 9.17) is 4.74 Å². The molecule has 0 bridgehead atoms. The second-order valence-electron chi connectivity index (χ2n) is 6.33. The number of aromatic nitrogens is 1. The molecule has 0 saturated carbocycles. The molecule has 0 amide bonds. The van der Waals surface area contributed by atoms with Gasteiger partial charge in [-0.15, -0.1) is 0 Å². The van der Waals surface area contributed by atoms with Crippen LogP contribution in [0.4, 0.5) is 11.5 Å². The van der Waals surface area contributed by atoms with Gasteiger partial charge in [-0.1, -0.05) is 24.3 Å². The van der Waals surface area contributed by atoms with Crippen molar-refractivity contribution in [3.63, 3.8) is 0 Å². The van der Waals surface area contributed by atoms with Gasteiger partial charge in [0.15, 0.2) is 0 Å². The lowest BCUT2D eigenvalue weighted by atomic mass is 10.1. The molecule has 1 aliphatic heterocycles. The maximum absolute atomic E-state index is 12.4. The fourth-order valence-corrected chi connectivity index (χ4v) is 2.54. The quantitative estimate of drug-likeness (QED) is 0.846. The van der Waals surface area contributed by atoms with Crippen LogP contribution in [0.15, 0.2) is 48.8 Å². The number of para-hydroxylation sites is 1. The average molecular weight is 296 g/mol. The predicted octanol–water partition coefficient (Wildman–Crippen LogP) is 4.18. The number of carbonyl (C=O) groups is 1. The summed E-state index contributed by atoms with van der Waals surface area (Å²) in [7, 11) is 0. The van der Waals surface area contributed by atoms with Crippen molar-refractivity contribution in [1.82, 2.24) is 4.98 Å². The molecule has 114 valence electrons. The van der Waals surface area contributed by atoms with Crippen LogP contribution in [-0.4, -0.2) is 16.6 Å². The molecular weight excluding hydrogens is 276 g/mol. The Morgan fingerprint density at radius 1 is 1.23 bits per heavy atom. The molecule has 1 aromatic carbocycles. The van der Waals surface area contributed by atoms with E-state index in [0.717, 1.165) is 17.9 Å². The van der Waals surface area contributed by atoms with Crippen molar-refractivity contribution in [3.05, 3.63) is 59.9 Å². The summed E-state index contributed by atoms with van der Waals surface area (Å²) >= 11 is 0. The van der Waals surface area contributed by atoms with Gasteiger partial charge in [0.25, 0.3) is 0 Å². The number of H-pyrrole nitrogens is 1. The van der Waals surface area contributed by atoms with Crippen LogP contribution >= 0.6 is 0 Å². The number of esters is 1. The second kappa shape index (κ2) is 5.37. The molecule has 4 nitrogen and oxygen atoms in total. The van der Waals surface area contributed by atoms with E-state index in [2.05, 4.69) is 23.2 Å². The van der Waals surface area contributed by atoms with Crippen LogP contribution in [0.3, 0.4) is 0 Å². The minimum absolute atomic E-state index is 0.319. The van der Waals surface area contributed by atoms with Crippen LogP contribution in [0.5, 0.6) is 0 Å². The number of hydrogen-bond acceptors (Lipinski definition) is 3. The maximum atomic E-state index is 12.4. The molecule has 3 rings (SSSR count). The Bertz CT molecular complexity index is 723. The monoisotopic (exact) mass is 296 g/mol. The molecule has 22 heavy (non-hydrogen) atoms. The van der Waals surface area contributed by atoms with Crippen molar-refractivity contribution >= 4 is 17.5 Å². The number of nitrogens with zero attached hydrogens (tertiary/aromatic N) is 1. The van der Waals surface area contributed by atoms with E-state index in [1.807, 2.05) is 44.0 Å². The fraction of sp³-hybridized carbons (Fsp3) is 0.278. The molecule has 1 aromatic heterocycles. The zero-order chi connectivity index (χ0) is 15.7. The minimum Gasteiger partial charge on any atom is -0.456 e. The molecule has 0 unspecified atom stereocenters. The summed E-state index contributed by atoms with van der Waals surface area (Å²) in [5, 5.41) is 0. The number of fused-ring (bicyclic) bond motifs is 1. The van der Waals surface area contributed by atoms with Gasteiger partial charge in [0.1, 0.15) is 17.0 Å². The summed E-state index contributed by atoms with van der Waals surface area (Å²) in [4.78, 5) is 17.6. The summed E-state index contributed by atoms with van der Waals surface area (Å²) in [6.07, 6.45) is 6.73. The van der Waals surface area contributed by atoms with E-state index in [1.54, 1.807) is 12.3 Å². The third kappa shape index (κ3) is 2.77. The van der Waals surface area contributed by atoms with E-state index in [0.29, 0.717) is 5.56 Å². The van der Waals surface area contributed by atoms with E-state index >= 15 is 0 Å². The summed E-state index contributed by atoms with van der Waals surface area (Å²) in [5.74, 6) is 0.415. The van der Waals surface area contributed by atoms with Crippen molar-refractivity contribution in [3.8, 4) is 0 Å². The van der Waals surface area contributed by atoms with Gasteiger partial charge in [-0.05, 0) is 44.9 Å². The Labute approximate surface area is 130 Å². The van der Waals surface area contributed by atoms with Crippen LogP contribution in [0, 0.1) is 0 Å². The lowest BCUT2D eigenvalue weighted by Crippen LogP contribution is -2.25. The van der Waals surface area contributed by atoms with Gasteiger partial charge < -0.3 is 14.6 Å². The molecule has 0 radical (unpaired) electrons. The maximum Gasteiger partial charge on any atom is 0.342 e. The lowest BCUT2D eigenvalue weighted by Gasteiger charge is -2.27. The highest BCUT2D eigenvalue weighted by Gasteiger charge is 2.25. The standard InChI is InChI=1S/C18H20N2O2/c1-18(2,3)22-17(21)14-10-11-19-16(14)20-12-6-8-13-7-4-5-9-15(13)20/h4-7,9-12,19H,8H2,1-3H3. The first-order valence-electron chi connectivity index (χ1n) is 7.40. The lowest BCUT2D eigenvalue weighted by molar-refractivity contribution is 0.00707. The van der Waals surface area contributed by atoms with Gasteiger partial charge in [-0.3, -0.25) is 0 Å². The first kappa shape index (κ1) is 14.4. The van der Waals surface area contributed by atoms with E-state index in [9.17, 15) is 4.79 Å². The number of benzene rings is 1. The number of allylic oxidation sites excluding steroid dienone is 1. The summed E-state index contributed by atoms with van der Waals surface area (Å²) in [6, 6.07) is 9.94. The first-order chi connectivity index (χ1) is 10.5. The largest absolute Gasteiger partial charge is 0.456 e. The summed E-state index contributed by atoms with van der Waals surface area (Å²) in [5.41, 5.74) is 2.34. The SMILES string of the molecule is CC(C)(C)OC(=O)c1cc[nH]c1N1C=CCc2ccccc21. The van der Waals surface area contributed by atoms with Crippen LogP contribution < -0.4 is 4.90 Å². The zero-order valence-corrected chi connectivity index (χ0v) is 13.1. The predicted molar refractivity (Wildman–Crippen MR) is 87.4 cm³/mol. The van der Waals surface area contributed by atoms with Gasteiger partial charge in [-0.25, -0.2) is 4.79 Å². The third-order valence-corrected chi connectivity index (χ3v) is 3.43. The van der Waals surface area contributed by atoms with Crippen LogP contribution in [0.2, 0.25) is 0 Å². The smallest absolute Gasteiger partial charge is 0.342 e. The third-order valence-electron chi connectivity index (χ3n) is 3.43. The topological polar surface area (TPSA) is 45.3 Å². The van der Waals surface area contributed by atoms with E-state index in [1.165, 1.54) is 5.56 Å². The number of anilines is 2. The first-order valence-corrected chi connectivity index (χ1v) is 7.40. The fourth-order valence-electron chi connectivity index (χ4n) is 2.54. The van der Waals surface area contributed by atoms with Crippen molar-refractivity contribution < 1.29 is 9.53 Å². The van der Waals surface area contributed by atoms with Gasteiger partial charge in [0.05, 0.1) is 5.69 Å². The molecule has 0 spiro atoms. The molecule has 1 aliphatic rings. The number of carbonyl (C=O) groups excluding carboxylic acids is 1. The molecule has 4 heteroatoms. The Hall–Kier alpha value is -2.49. The normalized spacial score (nSPS) is 13.9. The number of rotatable bonds is 2. The van der Waals surface area contributed by atoms with Gasteiger partial charge in [0.2, 0.25) is 0 Å². The zero-order valence-electron chi connectivity index (χ0n) is 13.1. The summed E-state index contributed by atoms with van der Waals surface area (Å²) < 4.78 is 5.49. The highest BCUT2D eigenvalue weighted by Crippen LogP contribution is 2.34. The van der Waals surface area contributed by atoms with Crippen molar-refractivity contribution in [2.24, 2.45) is 0 Å². The average Bonchev–Trinajstić information content (AvgIpc) is 2.94. The Morgan fingerprint density at radius 2 is 2.00 bits per heavy atom. The van der Waals surface area contributed by atoms with Gasteiger partial charge in [0, 0.05) is 12.4 Å². The molecule has 0 aliphatic carbocycles. The Balaban J connectivity index is 1.97. The molecular formula is C18H20N2O2.